The molecule has 1 heterocycles. The average Bonchev–Trinajstić information content (AvgIpc) is 3.02. The van der Waals surface area contributed by atoms with Crippen LogP contribution in [0.3, 0.4) is 0 Å². The standard InChI is InChI=1S/C18H15N3O2/c1-13-7-12-17(23-13)18(22)19-14-8-10-16(11-9-14)21-20-15-5-3-2-4-6-15/h2-12H,1H3,(H,19,22). The lowest BCUT2D eigenvalue weighted by Crippen LogP contribution is -2.10. The van der Waals surface area contributed by atoms with Crippen LogP contribution in [0, 0.1) is 6.92 Å². The van der Waals surface area contributed by atoms with Crippen molar-refractivity contribution in [2.45, 2.75) is 6.92 Å². The van der Waals surface area contributed by atoms with Gasteiger partial charge in [-0.25, -0.2) is 0 Å². The van der Waals surface area contributed by atoms with E-state index < -0.39 is 0 Å². The van der Waals surface area contributed by atoms with Crippen molar-refractivity contribution in [2.75, 3.05) is 5.32 Å². The third kappa shape index (κ3) is 3.91. The number of rotatable bonds is 4. The Morgan fingerprint density at radius 3 is 2.13 bits per heavy atom. The van der Waals surface area contributed by atoms with Crippen LogP contribution in [0.2, 0.25) is 0 Å². The minimum Gasteiger partial charge on any atom is -0.456 e. The molecule has 0 aliphatic heterocycles. The van der Waals surface area contributed by atoms with Crippen LogP contribution in [-0.2, 0) is 0 Å². The number of aryl methyl sites for hydroxylation is 1. The molecule has 1 aromatic heterocycles. The SMILES string of the molecule is Cc1ccc(C(=O)Nc2ccc(N=Nc3ccccc3)cc2)o1. The van der Waals surface area contributed by atoms with Crippen LogP contribution < -0.4 is 5.32 Å². The van der Waals surface area contributed by atoms with Crippen molar-refractivity contribution in [3.8, 4) is 0 Å². The molecule has 5 heteroatoms. The lowest BCUT2D eigenvalue weighted by atomic mass is 10.3. The van der Waals surface area contributed by atoms with E-state index in [0.29, 0.717) is 17.1 Å². The smallest absolute Gasteiger partial charge is 0.291 e. The zero-order valence-electron chi connectivity index (χ0n) is 12.6. The maximum absolute atomic E-state index is 12.0. The first-order valence-corrected chi connectivity index (χ1v) is 7.15. The Balaban J connectivity index is 1.65. The molecule has 0 aliphatic carbocycles. The Labute approximate surface area is 133 Å². The fraction of sp³-hybridized carbons (Fsp3) is 0.0556. The Bertz CT molecular complexity index is 821. The maximum Gasteiger partial charge on any atom is 0.291 e. The summed E-state index contributed by atoms with van der Waals surface area (Å²) in [4.78, 5) is 12.0. The van der Waals surface area contributed by atoms with Gasteiger partial charge in [0.15, 0.2) is 5.76 Å². The van der Waals surface area contributed by atoms with Gasteiger partial charge in [-0.1, -0.05) is 18.2 Å². The van der Waals surface area contributed by atoms with E-state index in [1.807, 2.05) is 30.3 Å². The van der Waals surface area contributed by atoms with E-state index in [9.17, 15) is 4.79 Å². The van der Waals surface area contributed by atoms with Crippen LogP contribution in [0.25, 0.3) is 0 Å². The van der Waals surface area contributed by atoms with Crippen molar-refractivity contribution in [1.29, 1.82) is 0 Å². The predicted octanol–water partition coefficient (Wildman–Crippen LogP) is 5.26. The van der Waals surface area contributed by atoms with Crippen molar-refractivity contribution < 1.29 is 9.21 Å². The summed E-state index contributed by atoms with van der Waals surface area (Å²) >= 11 is 0. The molecule has 0 spiro atoms. The van der Waals surface area contributed by atoms with Gasteiger partial charge >= 0.3 is 0 Å². The van der Waals surface area contributed by atoms with E-state index in [-0.39, 0.29) is 11.7 Å². The molecule has 0 aliphatic rings. The molecule has 5 nitrogen and oxygen atoms in total. The average molecular weight is 305 g/mol. The largest absolute Gasteiger partial charge is 0.456 e. The third-order valence-corrected chi connectivity index (χ3v) is 3.13. The van der Waals surface area contributed by atoms with Crippen molar-refractivity contribution in [3.05, 3.63) is 78.3 Å². The molecule has 0 saturated heterocycles. The van der Waals surface area contributed by atoms with E-state index in [2.05, 4.69) is 15.5 Å². The van der Waals surface area contributed by atoms with Gasteiger partial charge in [0.2, 0.25) is 0 Å². The highest BCUT2D eigenvalue weighted by Crippen LogP contribution is 2.20. The predicted molar refractivity (Wildman–Crippen MR) is 88.5 cm³/mol. The Kier molecular flexibility index (Phi) is 4.29. The fourth-order valence-electron chi connectivity index (χ4n) is 1.97. The van der Waals surface area contributed by atoms with Crippen molar-refractivity contribution in [3.63, 3.8) is 0 Å². The molecular formula is C18H15N3O2. The molecule has 0 saturated carbocycles. The second-order valence-electron chi connectivity index (χ2n) is 4.95. The van der Waals surface area contributed by atoms with Crippen molar-refractivity contribution >= 4 is 23.0 Å². The summed E-state index contributed by atoms with van der Waals surface area (Å²) in [5.74, 6) is 0.707. The molecule has 3 rings (SSSR count). The van der Waals surface area contributed by atoms with E-state index in [1.54, 1.807) is 43.3 Å². The van der Waals surface area contributed by atoms with Gasteiger partial charge < -0.3 is 9.73 Å². The number of carbonyl (C=O) groups is 1. The molecule has 1 N–H and O–H groups in total. The van der Waals surface area contributed by atoms with Gasteiger partial charge in [-0.2, -0.15) is 10.2 Å². The lowest BCUT2D eigenvalue weighted by molar-refractivity contribution is 0.0995. The van der Waals surface area contributed by atoms with Crippen LogP contribution in [0.15, 0.2) is 81.4 Å². The molecule has 0 atom stereocenters. The second kappa shape index (κ2) is 6.70. The minimum atomic E-state index is -0.281. The number of hydrogen-bond acceptors (Lipinski definition) is 4. The van der Waals surface area contributed by atoms with Gasteiger partial charge in [0, 0.05) is 5.69 Å². The van der Waals surface area contributed by atoms with Crippen LogP contribution >= 0.6 is 0 Å². The van der Waals surface area contributed by atoms with Gasteiger partial charge in [0.05, 0.1) is 11.4 Å². The number of anilines is 1. The van der Waals surface area contributed by atoms with E-state index in [4.69, 9.17) is 4.42 Å². The zero-order valence-corrected chi connectivity index (χ0v) is 12.6. The summed E-state index contributed by atoms with van der Waals surface area (Å²) in [6, 6.07) is 20.0. The van der Waals surface area contributed by atoms with E-state index in [1.165, 1.54) is 0 Å². The van der Waals surface area contributed by atoms with Crippen molar-refractivity contribution in [2.24, 2.45) is 10.2 Å². The summed E-state index contributed by atoms with van der Waals surface area (Å²) in [6.07, 6.45) is 0. The number of carbonyl (C=O) groups excluding carboxylic acids is 1. The fourth-order valence-corrected chi connectivity index (χ4v) is 1.97. The van der Waals surface area contributed by atoms with Gasteiger partial charge in [-0.3, -0.25) is 4.79 Å². The van der Waals surface area contributed by atoms with Crippen LogP contribution in [0.5, 0.6) is 0 Å². The quantitative estimate of drug-likeness (QED) is 0.668. The lowest BCUT2D eigenvalue weighted by Gasteiger charge is -2.03. The molecule has 0 radical (unpaired) electrons. The van der Waals surface area contributed by atoms with Crippen molar-refractivity contribution in [1.82, 2.24) is 0 Å². The van der Waals surface area contributed by atoms with Gasteiger partial charge in [0.1, 0.15) is 5.76 Å². The molecule has 114 valence electrons. The highest BCUT2D eigenvalue weighted by atomic mass is 16.3. The molecule has 0 unspecified atom stereocenters. The Morgan fingerprint density at radius 1 is 0.870 bits per heavy atom. The minimum absolute atomic E-state index is 0.281. The number of nitrogens with zero attached hydrogens (tertiary/aromatic N) is 2. The van der Waals surface area contributed by atoms with Crippen LogP contribution in [-0.4, -0.2) is 5.91 Å². The molecule has 3 aromatic rings. The first-order valence-electron chi connectivity index (χ1n) is 7.15. The second-order valence-corrected chi connectivity index (χ2v) is 4.95. The zero-order chi connectivity index (χ0) is 16.1. The maximum atomic E-state index is 12.0. The number of benzene rings is 2. The van der Waals surface area contributed by atoms with E-state index >= 15 is 0 Å². The molecular weight excluding hydrogens is 290 g/mol. The topological polar surface area (TPSA) is 67.0 Å². The highest BCUT2D eigenvalue weighted by molar-refractivity contribution is 6.02. The molecule has 0 bridgehead atoms. The number of furan rings is 1. The summed E-state index contributed by atoms with van der Waals surface area (Å²) in [6.45, 7) is 1.79. The highest BCUT2D eigenvalue weighted by Gasteiger charge is 2.09. The van der Waals surface area contributed by atoms with Gasteiger partial charge in [-0.05, 0) is 55.5 Å². The first-order chi connectivity index (χ1) is 11.2. The first kappa shape index (κ1) is 14.7. The summed E-state index contributed by atoms with van der Waals surface area (Å²) in [5, 5.41) is 11.1. The molecule has 1 amide bonds. The van der Waals surface area contributed by atoms with E-state index in [0.717, 1.165) is 5.69 Å². The monoisotopic (exact) mass is 305 g/mol. The van der Waals surface area contributed by atoms with Gasteiger partial charge in [0.25, 0.3) is 5.91 Å². The Morgan fingerprint density at radius 2 is 1.52 bits per heavy atom. The normalized spacial score (nSPS) is 10.8. The molecule has 0 fully saturated rings. The number of hydrogen-bond donors (Lipinski definition) is 1. The van der Waals surface area contributed by atoms with Crippen LogP contribution in [0.4, 0.5) is 17.1 Å². The van der Waals surface area contributed by atoms with Gasteiger partial charge in [-0.15, -0.1) is 0 Å². The number of amides is 1. The molecule has 23 heavy (non-hydrogen) atoms. The summed E-state index contributed by atoms with van der Waals surface area (Å²) in [7, 11) is 0. The van der Waals surface area contributed by atoms with Crippen LogP contribution in [0.1, 0.15) is 16.3 Å². The molecule has 2 aromatic carbocycles. The summed E-state index contributed by atoms with van der Waals surface area (Å²) in [5.41, 5.74) is 2.17. The number of nitrogens with one attached hydrogen (secondary N) is 1. The Hall–Kier alpha value is -3.21. The summed E-state index contributed by atoms with van der Waals surface area (Å²) < 4.78 is 5.28. The number of azo groups is 1. The third-order valence-electron chi connectivity index (χ3n) is 3.13.